The Morgan fingerprint density at radius 2 is 2.04 bits per heavy atom. The zero-order valence-electron chi connectivity index (χ0n) is 13.9. The maximum absolute atomic E-state index is 12.4. The summed E-state index contributed by atoms with van der Waals surface area (Å²) in [5, 5.41) is 9.89. The van der Waals surface area contributed by atoms with Crippen molar-refractivity contribution in [3.63, 3.8) is 0 Å². The van der Waals surface area contributed by atoms with Crippen molar-refractivity contribution < 1.29 is 5.11 Å². The van der Waals surface area contributed by atoms with Crippen LogP contribution in [-0.4, -0.2) is 31.5 Å². The number of benzene rings is 1. The number of aromatic amines is 1. The van der Waals surface area contributed by atoms with Crippen LogP contribution in [0, 0.1) is 0 Å². The van der Waals surface area contributed by atoms with Gasteiger partial charge in [0.2, 0.25) is 0 Å². The number of aromatic hydroxyl groups is 1. The van der Waals surface area contributed by atoms with Crippen LogP contribution >= 0.6 is 11.6 Å². The highest BCUT2D eigenvalue weighted by atomic mass is 35.5. The molecular formula is C19H17ClN4O2. The number of nitrogens with one attached hydrogen (secondary N) is 1. The van der Waals surface area contributed by atoms with Gasteiger partial charge in [-0.3, -0.25) is 14.7 Å². The molecule has 2 N–H and O–H groups in total. The Morgan fingerprint density at radius 1 is 1.23 bits per heavy atom. The standard InChI is InChI=1S/C19H17ClN4O2/c20-15-9-12(1-2-17(15)25)10-24-8-5-14-16(11-24)22-18(23-19(14)26)13-3-6-21-7-4-13/h1-4,6-7,9,25H,5,8,10-11H2,(H,22,23,26). The molecule has 0 aliphatic carbocycles. The Hall–Kier alpha value is -2.70. The van der Waals surface area contributed by atoms with Gasteiger partial charge < -0.3 is 10.1 Å². The van der Waals surface area contributed by atoms with Gasteiger partial charge in [-0.15, -0.1) is 0 Å². The predicted molar refractivity (Wildman–Crippen MR) is 99.0 cm³/mol. The van der Waals surface area contributed by atoms with Crippen molar-refractivity contribution in [2.75, 3.05) is 6.54 Å². The number of fused-ring (bicyclic) bond motifs is 1. The highest BCUT2D eigenvalue weighted by molar-refractivity contribution is 6.32. The molecule has 1 aromatic carbocycles. The van der Waals surface area contributed by atoms with E-state index in [0.29, 0.717) is 30.4 Å². The first-order valence-electron chi connectivity index (χ1n) is 8.32. The lowest BCUT2D eigenvalue weighted by atomic mass is 10.0. The fourth-order valence-electron chi connectivity index (χ4n) is 3.18. The minimum absolute atomic E-state index is 0.0749. The lowest BCUT2D eigenvalue weighted by Gasteiger charge is -2.27. The molecule has 4 rings (SSSR count). The van der Waals surface area contributed by atoms with E-state index >= 15 is 0 Å². The van der Waals surface area contributed by atoms with E-state index in [4.69, 9.17) is 11.6 Å². The fraction of sp³-hybridized carbons (Fsp3) is 0.211. The van der Waals surface area contributed by atoms with Crippen molar-refractivity contribution in [3.05, 3.63) is 74.9 Å². The molecule has 6 nitrogen and oxygen atoms in total. The van der Waals surface area contributed by atoms with Crippen LogP contribution in [0.15, 0.2) is 47.5 Å². The first-order valence-corrected chi connectivity index (χ1v) is 8.70. The van der Waals surface area contributed by atoms with Gasteiger partial charge in [-0.1, -0.05) is 17.7 Å². The normalized spacial score (nSPS) is 14.2. The van der Waals surface area contributed by atoms with Gasteiger partial charge in [0.1, 0.15) is 11.6 Å². The monoisotopic (exact) mass is 368 g/mol. The van der Waals surface area contributed by atoms with Crippen molar-refractivity contribution in [1.29, 1.82) is 0 Å². The molecule has 0 bridgehead atoms. The van der Waals surface area contributed by atoms with E-state index in [1.54, 1.807) is 24.5 Å². The van der Waals surface area contributed by atoms with Crippen molar-refractivity contribution >= 4 is 11.6 Å². The second kappa shape index (κ2) is 6.90. The lowest BCUT2D eigenvalue weighted by Crippen LogP contribution is -2.35. The van der Waals surface area contributed by atoms with Crippen LogP contribution in [-0.2, 0) is 19.5 Å². The predicted octanol–water partition coefficient (Wildman–Crippen LogP) is 2.75. The number of hydrogen-bond donors (Lipinski definition) is 2. The zero-order valence-corrected chi connectivity index (χ0v) is 14.7. The first kappa shape index (κ1) is 16.8. The van der Waals surface area contributed by atoms with Gasteiger partial charge in [0.25, 0.3) is 5.56 Å². The average molecular weight is 369 g/mol. The molecule has 1 aliphatic rings. The Morgan fingerprint density at radius 3 is 2.81 bits per heavy atom. The van der Waals surface area contributed by atoms with Crippen LogP contribution in [0.2, 0.25) is 5.02 Å². The summed E-state index contributed by atoms with van der Waals surface area (Å²) in [4.78, 5) is 26.2. The molecule has 3 aromatic rings. The van der Waals surface area contributed by atoms with E-state index < -0.39 is 0 Å². The van der Waals surface area contributed by atoms with Crippen LogP contribution in [0.25, 0.3) is 11.4 Å². The number of nitrogens with zero attached hydrogens (tertiary/aromatic N) is 3. The number of H-pyrrole nitrogens is 1. The van der Waals surface area contributed by atoms with Crippen molar-refractivity contribution in [2.24, 2.45) is 0 Å². The van der Waals surface area contributed by atoms with E-state index in [9.17, 15) is 9.90 Å². The van der Waals surface area contributed by atoms with Gasteiger partial charge in [-0.2, -0.15) is 0 Å². The summed E-state index contributed by atoms with van der Waals surface area (Å²) in [6.45, 7) is 2.04. The number of phenols is 1. The summed E-state index contributed by atoms with van der Waals surface area (Å²) in [6.07, 6.45) is 4.01. The molecule has 0 radical (unpaired) electrons. The molecule has 0 saturated carbocycles. The smallest absolute Gasteiger partial charge is 0.254 e. The molecular weight excluding hydrogens is 352 g/mol. The molecule has 2 aromatic heterocycles. The maximum atomic E-state index is 12.4. The minimum atomic E-state index is -0.0749. The summed E-state index contributed by atoms with van der Waals surface area (Å²) < 4.78 is 0. The van der Waals surface area contributed by atoms with E-state index in [1.165, 1.54) is 0 Å². The number of halogens is 1. The maximum Gasteiger partial charge on any atom is 0.254 e. The number of aromatic nitrogens is 3. The summed E-state index contributed by atoms with van der Waals surface area (Å²) in [5.41, 5.74) is 3.33. The highest BCUT2D eigenvalue weighted by Gasteiger charge is 2.21. The Labute approximate surface area is 155 Å². The summed E-state index contributed by atoms with van der Waals surface area (Å²) in [7, 11) is 0. The molecule has 0 saturated heterocycles. The second-order valence-electron chi connectivity index (χ2n) is 6.32. The van der Waals surface area contributed by atoms with Gasteiger partial charge in [0, 0.05) is 43.2 Å². The third-order valence-electron chi connectivity index (χ3n) is 4.52. The van der Waals surface area contributed by atoms with Crippen LogP contribution in [0.5, 0.6) is 5.75 Å². The second-order valence-corrected chi connectivity index (χ2v) is 6.73. The molecule has 1 aliphatic heterocycles. The molecule has 3 heterocycles. The lowest BCUT2D eigenvalue weighted by molar-refractivity contribution is 0.240. The van der Waals surface area contributed by atoms with Crippen LogP contribution in [0.1, 0.15) is 16.8 Å². The summed E-state index contributed by atoms with van der Waals surface area (Å²) >= 11 is 5.99. The number of hydrogen-bond acceptors (Lipinski definition) is 5. The average Bonchev–Trinajstić information content (AvgIpc) is 2.65. The van der Waals surface area contributed by atoms with Crippen molar-refractivity contribution in [3.8, 4) is 17.1 Å². The quantitative estimate of drug-likeness (QED) is 0.742. The van der Waals surface area contributed by atoms with E-state index in [0.717, 1.165) is 28.9 Å². The number of phenolic OH excluding ortho intramolecular Hbond substituents is 1. The van der Waals surface area contributed by atoms with Crippen LogP contribution < -0.4 is 5.56 Å². The topological polar surface area (TPSA) is 82.1 Å². The molecule has 0 fully saturated rings. The number of pyridine rings is 1. The van der Waals surface area contributed by atoms with Gasteiger partial charge in [0.15, 0.2) is 0 Å². The molecule has 7 heteroatoms. The first-order chi connectivity index (χ1) is 12.6. The van der Waals surface area contributed by atoms with Gasteiger partial charge in [-0.05, 0) is 36.2 Å². The molecule has 0 unspecified atom stereocenters. The largest absolute Gasteiger partial charge is 0.506 e. The summed E-state index contributed by atoms with van der Waals surface area (Å²) in [6, 6.07) is 8.86. The van der Waals surface area contributed by atoms with Gasteiger partial charge in [-0.25, -0.2) is 4.98 Å². The van der Waals surface area contributed by atoms with E-state index in [2.05, 4.69) is 19.9 Å². The molecule has 0 atom stereocenters. The zero-order chi connectivity index (χ0) is 18.1. The molecule has 0 amide bonds. The van der Waals surface area contributed by atoms with Crippen LogP contribution in [0.3, 0.4) is 0 Å². The third kappa shape index (κ3) is 3.34. The Kier molecular flexibility index (Phi) is 4.44. The minimum Gasteiger partial charge on any atom is -0.506 e. The van der Waals surface area contributed by atoms with Crippen LogP contribution in [0.4, 0.5) is 0 Å². The third-order valence-corrected chi connectivity index (χ3v) is 4.83. The van der Waals surface area contributed by atoms with E-state index in [-0.39, 0.29) is 11.3 Å². The molecule has 26 heavy (non-hydrogen) atoms. The Balaban J connectivity index is 1.60. The SMILES string of the molecule is O=c1[nH]c(-c2ccncc2)nc2c1CCN(Cc1ccc(O)c(Cl)c1)C2. The highest BCUT2D eigenvalue weighted by Crippen LogP contribution is 2.25. The van der Waals surface area contributed by atoms with Crippen molar-refractivity contribution in [2.45, 2.75) is 19.5 Å². The number of rotatable bonds is 3. The fourth-order valence-corrected chi connectivity index (χ4v) is 3.39. The van der Waals surface area contributed by atoms with Gasteiger partial charge in [0.05, 0.1) is 10.7 Å². The van der Waals surface area contributed by atoms with Gasteiger partial charge >= 0.3 is 0 Å². The van der Waals surface area contributed by atoms with Crippen molar-refractivity contribution in [1.82, 2.24) is 19.9 Å². The Bertz CT molecular complexity index is 1000. The van der Waals surface area contributed by atoms with E-state index in [1.807, 2.05) is 18.2 Å². The summed E-state index contributed by atoms with van der Waals surface area (Å²) in [5.74, 6) is 0.639. The molecule has 0 spiro atoms. The molecule has 132 valence electrons.